The molecule has 0 aromatic heterocycles. The highest BCUT2D eigenvalue weighted by Gasteiger charge is 2.19. The third-order valence-corrected chi connectivity index (χ3v) is 9.91. The van der Waals surface area contributed by atoms with E-state index in [2.05, 4.69) is 140 Å². The predicted molar refractivity (Wildman–Crippen MR) is 238 cm³/mol. The van der Waals surface area contributed by atoms with Gasteiger partial charge < -0.3 is 0 Å². The van der Waals surface area contributed by atoms with E-state index in [0.29, 0.717) is 5.84 Å². The van der Waals surface area contributed by atoms with Crippen molar-refractivity contribution in [2.75, 3.05) is 0 Å². The molecule has 6 aromatic rings. The van der Waals surface area contributed by atoms with E-state index in [1.54, 1.807) is 6.21 Å². The first-order valence-electron chi connectivity index (χ1n) is 19.0. The van der Waals surface area contributed by atoms with E-state index in [0.717, 1.165) is 46.2 Å². The molecule has 0 unspecified atom stereocenters. The molecule has 6 aromatic carbocycles. The SMILES string of the molecule is N=C(N=C(N=Cc1ccccc1)c1ccccc1)c1cccc(C2=CCC=CC(c3cc(-c4ccccc4)c(-c4ccccc4)cc3C3=CC=CC=CC3)=C2)c1. The number of allylic oxidation sites excluding steroid dienone is 12. The van der Waals surface area contributed by atoms with Crippen molar-refractivity contribution in [2.45, 2.75) is 12.8 Å². The van der Waals surface area contributed by atoms with E-state index in [4.69, 9.17) is 15.4 Å². The fourth-order valence-corrected chi connectivity index (χ4v) is 7.07. The molecule has 1 N–H and O–H groups in total. The van der Waals surface area contributed by atoms with Crippen LogP contribution in [0.15, 0.2) is 222 Å². The summed E-state index contributed by atoms with van der Waals surface area (Å²) in [6.45, 7) is 0. The molecule has 0 saturated carbocycles. The topological polar surface area (TPSA) is 48.6 Å². The summed E-state index contributed by atoms with van der Waals surface area (Å²) < 4.78 is 0. The van der Waals surface area contributed by atoms with Crippen molar-refractivity contribution in [3.05, 3.63) is 246 Å². The van der Waals surface area contributed by atoms with Crippen LogP contribution in [0.1, 0.15) is 46.2 Å². The van der Waals surface area contributed by atoms with Crippen molar-refractivity contribution < 1.29 is 0 Å². The molecule has 2 aliphatic carbocycles. The minimum atomic E-state index is 0.153. The summed E-state index contributed by atoms with van der Waals surface area (Å²) in [4.78, 5) is 9.53. The van der Waals surface area contributed by atoms with Crippen LogP contribution in [0.5, 0.6) is 0 Å². The number of benzene rings is 6. The fraction of sp³-hybridized carbons (Fsp3) is 0.0377. The number of hydrogen-bond donors (Lipinski definition) is 1. The Kier molecular flexibility index (Phi) is 11.0. The van der Waals surface area contributed by atoms with Crippen LogP contribution in [0.4, 0.5) is 0 Å². The number of aliphatic imine (C=N–C) groups is 2. The summed E-state index contributed by atoms with van der Waals surface area (Å²) in [6.07, 6.45) is 23.3. The number of amidine groups is 2. The lowest BCUT2D eigenvalue weighted by atomic mass is 9.84. The zero-order chi connectivity index (χ0) is 37.9. The number of nitrogens with one attached hydrogen (secondary N) is 1. The zero-order valence-corrected chi connectivity index (χ0v) is 31.1. The second-order valence-electron chi connectivity index (χ2n) is 13.7. The molecule has 0 saturated heterocycles. The van der Waals surface area contributed by atoms with Gasteiger partial charge in [-0.15, -0.1) is 0 Å². The Morgan fingerprint density at radius 3 is 1.88 bits per heavy atom. The largest absolute Gasteiger partial charge is 0.282 e. The molecule has 0 spiro atoms. The van der Waals surface area contributed by atoms with Crippen molar-refractivity contribution in [1.29, 1.82) is 5.41 Å². The molecule has 0 radical (unpaired) electrons. The van der Waals surface area contributed by atoms with Gasteiger partial charge in [-0.05, 0) is 98.3 Å². The van der Waals surface area contributed by atoms with E-state index in [1.165, 1.54) is 39.0 Å². The third-order valence-electron chi connectivity index (χ3n) is 9.91. The predicted octanol–water partition coefficient (Wildman–Crippen LogP) is 13.2. The number of rotatable bonds is 8. The molecule has 0 aliphatic heterocycles. The minimum absolute atomic E-state index is 0.153. The highest BCUT2D eigenvalue weighted by Crippen LogP contribution is 2.41. The van der Waals surface area contributed by atoms with Crippen molar-refractivity contribution in [3.8, 4) is 22.3 Å². The molecule has 0 fully saturated rings. The second-order valence-corrected chi connectivity index (χ2v) is 13.7. The van der Waals surface area contributed by atoms with Crippen molar-refractivity contribution >= 4 is 34.6 Å². The van der Waals surface area contributed by atoms with Gasteiger partial charge >= 0.3 is 0 Å². The highest BCUT2D eigenvalue weighted by atomic mass is 14.9. The van der Waals surface area contributed by atoms with E-state index in [1.807, 2.05) is 72.8 Å². The summed E-state index contributed by atoms with van der Waals surface area (Å²) in [5, 5.41) is 9.15. The van der Waals surface area contributed by atoms with E-state index >= 15 is 0 Å². The summed E-state index contributed by atoms with van der Waals surface area (Å²) in [5.74, 6) is 0.642. The molecule has 2 aliphatic rings. The Morgan fingerprint density at radius 2 is 1.16 bits per heavy atom. The maximum Gasteiger partial charge on any atom is 0.161 e. The standard InChI is InChI=1S/C53H41N3/c54-52(56-53(43-28-15-6-16-29-43)55-38-39-20-7-3-8-21-39)47-33-19-32-45(35-47)44-30-17-18-31-46(34-44)51-37-49(41-26-13-5-14-27-41)48(40-24-11-4-12-25-40)36-50(51)42-22-9-1-2-10-23-42/h1-16,18-22,24-38,54H,17,23H2. The maximum absolute atomic E-state index is 9.15. The summed E-state index contributed by atoms with van der Waals surface area (Å²) in [5.41, 5.74) is 14.2. The Labute approximate surface area is 329 Å². The lowest BCUT2D eigenvalue weighted by molar-refractivity contribution is 1.38. The smallest absolute Gasteiger partial charge is 0.161 e. The average Bonchev–Trinajstić information content (AvgIpc) is 3.70. The molecule has 0 bridgehead atoms. The summed E-state index contributed by atoms with van der Waals surface area (Å²) >= 11 is 0. The molecule has 56 heavy (non-hydrogen) atoms. The average molecular weight is 720 g/mol. The molecule has 0 atom stereocenters. The van der Waals surface area contributed by atoms with Crippen LogP contribution in [0, 0.1) is 5.41 Å². The van der Waals surface area contributed by atoms with Crippen molar-refractivity contribution in [2.24, 2.45) is 9.98 Å². The monoisotopic (exact) mass is 719 g/mol. The van der Waals surface area contributed by atoms with Crippen molar-refractivity contribution in [3.63, 3.8) is 0 Å². The minimum Gasteiger partial charge on any atom is -0.282 e. The van der Waals surface area contributed by atoms with Crippen LogP contribution in [0.2, 0.25) is 0 Å². The molecular formula is C53H41N3. The maximum atomic E-state index is 9.15. The molecular weight excluding hydrogens is 679 g/mol. The van der Waals surface area contributed by atoms with Gasteiger partial charge in [0.2, 0.25) is 0 Å². The lowest BCUT2D eigenvalue weighted by Crippen LogP contribution is -2.05. The second kappa shape index (κ2) is 17.3. The van der Waals surface area contributed by atoms with E-state index in [-0.39, 0.29) is 5.84 Å². The summed E-state index contributed by atoms with van der Waals surface area (Å²) in [6, 6.07) is 54.1. The molecule has 8 rings (SSSR count). The van der Waals surface area contributed by atoms with Crippen LogP contribution in [0.3, 0.4) is 0 Å². The Hall–Kier alpha value is -7.23. The first-order valence-corrected chi connectivity index (χ1v) is 19.0. The molecule has 268 valence electrons. The number of nitrogens with zero attached hydrogens (tertiary/aromatic N) is 2. The fourth-order valence-electron chi connectivity index (χ4n) is 7.07. The van der Waals surface area contributed by atoms with Crippen LogP contribution in [-0.2, 0) is 0 Å². The van der Waals surface area contributed by atoms with Gasteiger partial charge in [-0.25, -0.2) is 9.98 Å². The van der Waals surface area contributed by atoms with Gasteiger partial charge in [0.05, 0.1) is 0 Å². The van der Waals surface area contributed by atoms with Gasteiger partial charge in [0.1, 0.15) is 0 Å². The quantitative estimate of drug-likeness (QED) is 0.120. The Balaban J connectivity index is 1.21. The van der Waals surface area contributed by atoms with Gasteiger partial charge in [0, 0.05) is 17.3 Å². The lowest BCUT2D eigenvalue weighted by Gasteiger charge is -2.20. The number of hydrogen-bond acceptors (Lipinski definition) is 1. The first-order chi connectivity index (χ1) is 27.7. The molecule has 0 heterocycles. The van der Waals surface area contributed by atoms with Gasteiger partial charge in [0.15, 0.2) is 11.7 Å². The normalized spacial score (nSPS) is 14.1. The van der Waals surface area contributed by atoms with Gasteiger partial charge in [-0.2, -0.15) is 0 Å². The van der Waals surface area contributed by atoms with Crippen LogP contribution in [0.25, 0.3) is 39.0 Å². The molecule has 0 amide bonds. The van der Waals surface area contributed by atoms with E-state index < -0.39 is 0 Å². The Bertz CT molecular complexity index is 2600. The van der Waals surface area contributed by atoms with Gasteiger partial charge in [-0.1, -0.05) is 188 Å². The summed E-state index contributed by atoms with van der Waals surface area (Å²) in [7, 11) is 0. The van der Waals surface area contributed by atoms with Gasteiger partial charge in [-0.3, -0.25) is 5.41 Å². The molecule has 3 heteroatoms. The van der Waals surface area contributed by atoms with Gasteiger partial charge in [0.25, 0.3) is 0 Å². The van der Waals surface area contributed by atoms with Crippen LogP contribution < -0.4 is 0 Å². The Morgan fingerprint density at radius 1 is 0.536 bits per heavy atom. The molecule has 3 nitrogen and oxygen atoms in total. The highest BCUT2D eigenvalue weighted by molar-refractivity contribution is 6.13. The first kappa shape index (κ1) is 35.8. The van der Waals surface area contributed by atoms with E-state index in [9.17, 15) is 0 Å². The van der Waals surface area contributed by atoms with Crippen LogP contribution >= 0.6 is 0 Å². The third kappa shape index (κ3) is 8.44. The van der Waals surface area contributed by atoms with Crippen LogP contribution in [-0.4, -0.2) is 17.9 Å². The van der Waals surface area contributed by atoms with Crippen molar-refractivity contribution in [1.82, 2.24) is 0 Å². The zero-order valence-electron chi connectivity index (χ0n) is 31.1.